The third-order valence-corrected chi connectivity index (χ3v) is 12.7. The summed E-state index contributed by atoms with van der Waals surface area (Å²) in [5, 5.41) is 0. The van der Waals surface area contributed by atoms with Gasteiger partial charge in [-0.3, -0.25) is 9.80 Å². The van der Waals surface area contributed by atoms with Crippen LogP contribution in [-0.2, 0) is 0 Å². The summed E-state index contributed by atoms with van der Waals surface area (Å²) in [5.74, 6) is 2.99. The van der Waals surface area contributed by atoms with Crippen LogP contribution in [0.1, 0.15) is 94.8 Å². The minimum absolute atomic E-state index is 0.439. The van der Waals surface area contributed by atoms with Crippen LogP contribution in [0.15, 0.2) is 46.0 Å². The Hall–Kier alpha value is -1.17. The Labute approximate surface area is 215 Å². The quantitative estimate of drug-likeness (QED) is 0.437. The smallest absolute Gasteiger partial charge is 0.0950 e. The van der Waals surface area contributed by atoms with Gasteiger partial charge in [-0.1, -0.05) is 13.8 Å². The number of piperidine rings is 4. The van der Waals surface area contributed by atoms with E-state index in [1.54, 1.807) is 0 Å². The van der Waals surface area contributed by atoms with Gasteiger partial charge in [0.1, 0.15) is 0 Å². The summed E-state index contributed by atoms with van der Waals surface area (Å²) in [5.41, 5.74) is 3.30. The standard InChI is InChI=1S/C30H42N2O2S/c1-21-3-5-27(23-9-13-33-15-23)31-18-29(11-7-25(21)31)17-30(35-20-29)12-8-26-22(2)4-6-28(32(26)19-30)24-10-14-34-16-24/h9-10,13-16,21-22,25-28H,3-8,11-12,17-20H2,1-2H3/t21-,22+,25-,26-,27-,28-,29-,30-/m0/s1. The van der Waals surface area contributed by atoms with Crippen LogP contribution in [0.5, 0.6) is 0 Å². The third-order valence-electron chi connectivity index (χ3n) is 10.8. The first-order chi connectivity index (χ1) is 17.0. The van der Waals surface area contributed by atoms with E-state index in [1.165, 1.54) is 87.8 Å². The molecule has 0 saturated carbocycles. The zero-order valence-electron chi connectivity index (χ0n) is 21.5. The van der Waals surface area contributed by atoms with Gasteiger partial charge in [-0.2, -0.15) is 11.8 Å². The lowest BCUT2D eigenvalue weighted by atomic mass is 9.67. The van der Waals surface area contributed by atoms with Crippen molar-refractivity contribution in [1.29, 1.82) is 0 Å². The first-order valence-corrected chi connectivity index (χ1v) is 15.2. The summed E-state index contributed by atoms with van der Waals surface area (Å²) in [6, 6.07) is 7.04. The fourth-order valence-electron chi connectivity index (χ4n) is 9.03. The maximum Gasteiger partial charge on any atom is 0.0950 e. The predicted octanol–water partition coefficient (Wildman–Crippen LogP) is 7.31. The topological polar surface area (TPSA) is 32.8 Å². The second-order valence-corrected chi connectivity index (χ2v) is 14.4. The van der Waals surface area contributed by atoms with Gasteiger partial charge in [0, 0.05) is 58.9 Å². The van der Waals surface area contributed by atoms with Crippen molar-refractivity contribution in [1.82, 2.24) is 9.80 Å². The van der Waals surface area contributed by atoms with E-state index in [9.17, 15) is 0 Å². The molecule has 5 saturated heterocycles. The maximum atomic E-state index is 5.54. The average Bonchev–Trinajstić information content (AvgIpc) is 3.63. The van der Waals surface area contributed by atoms with E-state index in [1.807, 2.05) is 25.1 Å². The molecule has 0 amide bonds. The summed E-state index contributed by atoms with van der Waals surface area (Å²) in [6.07, 6.45) is 20.0. The number of hydrogen-bond donors (Lipinski definition) is 0. The Kier molecular flexibility index (Phi) is 5.71. The van der Waals surface area contributed by atoms with Gasteiger partial charge >= 0.3 is 0 Å². The highest BCUT2D eigenvalue weighted by Crippen LogP contribution is 2.60. The maximum absolute atomic E-state index is 5.54. The number of hydrogen-bond acceptors (Lipinski definition) is 5. The van der Waals surface area contributed by atoms with Crippen LogP contribution in [0.4, 0.5) is 0 Å². The highest BCUT2D eigenvalue weighted by molar-refractivity contribution is 8.01. The van der Waals surface area contributed by atoms with Crippen molar-refractivity contribution in [2.24, 2.45) is 17.3 Å². The molecule has 7 heterocycles. The monoisotopic (exact) mass is 494 g/mol. The van der Waals surface area contributed by atoms with E-state index < -0.39 is 0 Å². The van der Waals surface area contributed by atoms with E-state index in [4.69, 9.17) is 8.83 Å². The number of rotatable bonds is 2. The predicted molar refractivity (Wildman–Crippen MR) is 141 cm³/mol. The van der Waals surface area contributed by atoms with Crippen LogP contribution < -0.4 is 0 Å². The molecule has 5 aliphatic rings. The molecule has 5 fully saturated rings. The van der Waals surface area contributed by atoms with Crippen LogP contribution in [0, 0.1) is 17.3 Å². The Morgan fingerprint density at radius 3 is 1.97 bits per heavy atom. The van der Waals surface area contributed by atoms with Crippen molar-refractivity contribution < 1.29 is 8.83 Å². The second-order valence-electron chi connectivity index (χ2n) is 13.0. The van der Waals surface area contributed by atoms with E-state index >= 15 is 0 Å². The molecular weight excluding hydrogens is 452 g/mol. The van der Waals surface area contributed by atoms with Gasteiger partial charge in [-0.25, -0.2) is 0 Å². The molecule has 0 radical (unpaired) electrons. The number of furan rings is 2. The highest BCUT2D eigenvalue weighted by atomic mass is 32.2. The first kappa shape index (κ1) is 23.0. The molecule has 4 nitrogen and oxygen atoms in total. The molecule has 2 aromatic rings. The van der Waals surface area contributed by atoms with Crippen LogP contribution in [-0.4, -0.2) is 45.5 Å². The minimum Gasteiger partial charge on any atom is -0.472 e. The van der Waals surface area contributed by atoms with Crippen LogP contribution >= 0.6 is 11.8 Å². The van der Waals surface area contributed by atoms with Crippen molar-refractivity contribution in [3.05, 3.63) is 48.3 Å². The van der Waals surface area contributed by atoms with Crippen molar-refractivity contribution in [3.63, 3.8) is 0 Å². The molecular formula is C30H42N2O2S. The van der Waals surface area contributed by atoms with Crippen LogP contribution in [0.3, 0.4) is 0 Å². The molecule has 8 atom stereocenters. The molecule has 0 N–H and O–H groups in total. The summed E-state index contributed by atoms with van der Waals surface area (Å²) in [7, 11) is 0. The van der Waals surface area contributed by atoms with Gasteiger partial charge in [0.05, 0.1) is 25.1 Å². The van der Waals surface area contributed by atoms with Crippen LogP contribution in [0.2, 0.25) is 0 Å². The first-order valence-electron chi connectivity index (χ1n) is 14.2. The lowest BCUT2D eigenvalue weighted by molar-refractivity contribution is -0.0454. The lowest BCUT2D eigenvalue weighted by Gasteiger charge is -2.55. The Bertz CT molecular complexity index is 927. The zero-order valence-corrected chi connectivity index (χ0v) is 22.3. The summed E-state index contributed by atoms with van der Waals surface area (Å²) >= 11 is 2.36. The molecule has 2 spiro atoms. The van der Waals surface area contributed by atoms with Crippen molar-refractivity contribution in [2.75, 3.05) is 18.8 Å². The fraction of sp³-hybridized carbons (Fsp3) is 0.733. The minimum atomic E-state index is 0.439. The second kappa shape index (κ2) is 8.70. The molecule has 7 rings (SSSR count). The SMILES string of the molecule is C[C@@H]1CC[C@@H](c2ccoc2)N2C[C@]3(CC[C@@H]12)C[C@]1(CC[C@H]2[C@@H](C)CC[C@@H](c4ccoc4)N2C1)CS3. The lowest BCUT2D eigenvalue weighted by Crippen LogP contribution is -2.57. The summed E-state index contributed by atoms with van der Waals surface area (Å²) in [6.45, 7) is 7.56. The molecule has 5 heteroatoms. The van der Waals surface area contributed by atoms with Gasteiger partial charge < -0.3 is 8.83 Å². The largest absolute Gasteiger partial charge is 0.472 e. The molecule has 2 aromatic heterocycles. The highest BCUT2D eigenvalue weighted by Gasteiger charge is 2.56. The van der Waals surface area contributed by atoms with Gasteiger partial charge in [-0.15, -0.1) is 0 Å². The number of nitrogens with zero attached hydrogens (tertiary/aromatic N) is 2. The van der Waals surface area contributed by atoms with Crippen molar-refractivity contribution in [3.8, 4) is 0 Å². The van der Waals surface area contributed by atoms with Crippen LogP contribution in [0.25, 0.3) is 0 Å². The zero-order chi connectivity index (χ0) is 23.6. The fourth-order valence-corrected chi connectivity index (χ4v) is 10.9. The Morgan fingerprint density at radius 1 is 0.771 bits per heavy atom. The molecule has 0 bridgehead atoms. The molecule has 0 unspecified atom stereocenters. The molecule has 190 valence electrons. The Balaban J connectivity index is 1.13. The van der Waals surface area contributed by atoms with Gasteiger partial charge in [0.2, 0.25) is 0 Å². The average molecular weight is 495 g/mol. The summed E-state index contributed by atoms with van der Waals surface area (Å²) < 4.78 is 11.5. The third kappa shape index (κ3) is 3.87. The van der Waals surface area contributed by atoms with Crippen molar-refractivity contribution in [2.45, 2.75) is 101 Å². The molecule has 5 aliphatic heterocycles. The summed E-state index contributed by atoms with van der Waals surface area (Å²) in [4.78, 5) is 5.86. The number of fused-ring (bicyclic) bond motifs is 2. The van der Waals surface area contributed by atoms with E-state index in [0.29, 0.717) is 22.2 Å². The molecule has 35 heavy (non-hydrogen) atoms. The van der Waals surface area contributed by atoms with E-state index in [-0.39, 0.29) is 0 Å². The van der Waals surface area contributed by atoms with Crippen molar-refractivity contribution >= 4 is 11.8 Å². The van der Waals surface area contributed by atoms with Gasteiger partial charge in [0.15, 0.2) is 0 Å². The van der Waals surface area contributed by atoms with E-state index in [2.05, 4.69) is 47.5 Å². The van der Waals surface area contributed by atoms with Gasteiger partial charge in [-0.05, 0) is 87.2 Å². The molecule has 0 aromatic carbocycles. The molecule has 0 aliphatic carbocycles. The normalized spacial score (nSPS) is 44.5. The van der Waals surface area contributed by atoms with E-state index in [0.717, 1.165) is 23.9 Å². The number of thioether (sulfide) groups is 1. The van der Waals surface area contributed by atoms with Gasteiger partial charge in [0.25, 0.3) is 0 Å². The Morgan fingerprint density at radius 2 is 1.37 bits per heavy atom.